The predicted molar refractivity (Wildman–Crippen MR) is 84.6 cm³/mol. The van der Waals surface area contributed by atoms with E-state index in [1.807, 2.05) is 44.2 Å². The number of unbranched alkanes of at least 4 members (excludes halogenated alkanes) is 1. The van der Waals surface area contributed by atoms with Gasteiger partial charge in [0.25, 0.3) is 0 Å². The third-order valence-corrected chi connectivity index (χ3v) is 6.23. The number of ether oxygens (including phenoxy) is 2. The van der Waals surface area contributed by atoms with Gasteiger partial charge < -0.3 is 14.0 Å². The maximum absolute atomic E-state index is 13.4. The van der Waals surface area contributed by atoms with Crippen molar-refractivity contribution in [2.24, 2.45) is 0 Å². The standard InChI is InChI=1S/C16H27O3P/c1-4-7-13-20(17,16(18-5-2)19-6-3)14-15-11-9-8-10-12-15/h8-12,16H,4-7,13-14H2,1-3H3. The molecule has 0 aliphatic rings. The Kier molecular flexibility index (Phi) is 8.13. The zero-order valence-corrected chi connectivity index (χ0v) is 13.8. The summed E-state index contributed by atoms with van der Waals surface area (Å²) in [6.45, 7) is 6.99. The van der Waals surface area contributed by atoms with Crippen LogP contribution in [0.5, 0.6) is 0 Å². The number of benzene rings is 1. The molecule has 0 aliphatic carbocycles. The molecule has 1 aromatic rings. The predicted octanol–water partition coefficient (Wildman–Crippen LogP) is 4.71. The summed E-state index contributed by atoms with van der Waals surface area (Å²) in [5.74, 6) is 0. The monoisotopic (exact) mass is 298 g/mol. The van der Waals surface area contributed by atoms with Crippen molar-refractivity contribution in [2.45, 2.75) is 45.8 Å². The molecule has 0 amide bonds. The summed E-state index contributed by atoms with van der Waals surface area (Å²) >= 11 is 0. The first-order valence-electron chi connectivity index (χ1n) is 7.51. The molecule has 0 aliphatic heterocycles. The molecule has 0 saturated carbocycles. The molecular formula is C16H27O3P. The Morgan fingerprint density at radius 2 is 1.65 bits per heavy atom. The molecule has 3 nitrogen and oxygen atoms in total. The largest absolute Gasteiger partial charge is 0.346 e. The second kappa shape index (κ2) is 9.33. The van der Waals surface area contributed by atoms with E-state index in [9.17, 15) is 4.57 Å². The Labute approximate surface area is 123 Å². The lowest BCUT2D eigenvalue weighted by Crippen LogP contribution is -2.20. The van der Waals surface area contributed by atoms with Crippen LogP contribution in [0.25, 0.3) is 0 Å². The van der Waals surface area contributed by atoms with Gasteiger partial charge in [0.15, 0.2) is 0 Å². The van der Waals surface area contributed by atoms with E-state index in [2.05, 4.69) is 6.92 Å². The van der Waals surface area contributed by atoms with Crippen molar-refractivity contribution in [1.82, 2.24) is 0 Å². The molecule has 4 heteroatoms. The molecule has 0 bridgehead atoms. The minimum Gasteiger partial charge on any atom is -0.346 e. The third kappa shape index (κ3) is 5.40. The van der Waals surface area contributed by atoms with Gasteiger partial charge in [-0.1, -0.05) is 43.7 Å². The van der Waals surface area contributed by atoms with Gasteiger partial charge in [-0.25, -0.2) is 0 Å². The third-order valence-electron chi connectivity index (χ3n) is 3.19. The Hall–Kier alpha value is -0.630. The van der Waals surface area contributed by atoms with Crippen LogP contribution in [0.3, 0.4) is 0 Å². The van der Waals surface area contributed by atoms with Crippen molar-refractivity contribution in [3.63, 3.8) is 0 Å². The second-order valence-electron chi connectivity index (χ2n) is 4.89. The summed E-state index contributed by atoms with van der Waals surface area (Å²) in [4.78, 5) is 0. The molecule has 1 unspecified atom stereocenters. The van der Waals surface area contributed by atoms with Crippen LogP contribution in [0, 0.1) is 0 Å². The van der Waals surface area contributed by atoms with Crippen LogP contribution in [0.4, 0.5) is 0 Å². The molecule has 0 N–H and O–H groups in total. The molecule has 0 radical (unpaired) electrons. The molecular weight excluding hydrogens is 271 g/mol. The highest BCUT2D eigenvalue weighted by atomic mass is 31.2. The zero-order chi connectivity index (χ0) is 14.8. The first-order chi connectivity index (χ1) is 9.66. The van der Waals surface area contributed by atoms with Crippen LogP contribution in [0.15, 0.2) is 30.3 Å². The van der Waals surface area contributed by atoms with Crippen molar-refractivity contribution >= 4 is 7.14 Å². The van der Waals surface area contributed by atoms with Crippen LogP contribution in [-0.2, 0) is 20.2 Å². The fraction of sp³-hybridized carbons (Fsp3) is 0.625. The van der Waals surface area contributed by atoms with Crippen LogP contribution in [0.1, 0.15) is 39.2 Å². The normalized spacial score (nSPS) is 14.4. The summed E-state index contributed by atoms with van der Waals surface area (Å²) in [6.07, 6.45) is 3.21. The molecule has 1 rings (SSSR count). The molecule has 0 fully saturated rings. The van der Waals surface area contributed by atoms with Crippen molar-refractivity contribution in [2.75, 3.05) is 19.4 Å². The molecule has 20 heavy (non-hydrogen) atoms. The van der Waals surface area contributed by atoms with E-state index in [0.29, 0.717) is 25.5 Å². The summed E-state index contributed by atoms with van der Waals surface area (Å²) in [7, 11) is -2.55. The maximum atomic E-state index is 13.4. The van der Waals surface area contributed by atoms with Crippen LogP contribution in [-0.4, -0.2) is 25.4 Å². The highest BCUT2D eigenvalue weighted by Gasteiger charge is 2.34. The number of hydrogen-bond acceptors (Lipinski definition) is 3. The minimum absolute atomic E-state index is 0.523. The van der Waals surface area contributed by atoms with Gasteiger partial charge in [-0.15, -0.1) is 0 Å². The second-order valence-corrected chi connectivity index (χ2v) is 7.98. The average Bonchev–Trinajstić information content (AvgIpc) is 2.46. The lowest BCUT2D eigenvalue weighted by atomic mass is 10.2. The van der Waals surface area contributed by atoms with Gasteiger partial charge >= 0.3 is 0 Å². The van der Waals surface area contributed by atoms with Gasteiger partial charge in [-0.2, -0.15) is 0 Å². The molecule has 1 atom stereocenters. The van der Waals surface area contributed by atoms with E-state index in [1.165, 1.54) is 0 Å². The number of rotatable bonds is 10. The summed E-state index contributed by atoms with van der Waals surface area (Å²) in [5.41, 5.74) is 1.09. The van der Waals surface area contributed by atoms with Crippen LogP contribution in [0.2, 0.25) is 0 Å². The molecule has 114 valence electrons. The Morgan fingerprint density at radius 1 is 1.05 bits per heavy atom. The van der Waals surface area contributed by atoms with Gasteiger partial charge in [0.1, 0.15) is 7.14 Å². The highest BCUT2D eigenvalue weighted by Crippen LogP contribution is 2.55. The fourth-order valence-electron chi connectivity index (χ4n) is 2.18. The lowest BCUT2D eigenvalue weighted by molar-refractivity contribution is -0.0823. The fourth-order valence-corrected chi connectivity index (χ4v) is 5.22. The Morgan fingerprint density at radius 3 is 2.15 bits per heavy atom. The molecule has 1 aromatic carbocycles. The summed E-state index contributed by atoms with van der Waals surface area (Å²) < 4.78 is 24.6. The van der Waals surface area contributed by atoms with Crippen molar-refractivity contribution in [3.05, 3.63) is 35.9 Å². The van der Waals surface area contributed by atoms with E-state index >= 15 is 0 Å². The van der Waals surface area contributed by atoms with E-state index in [-0.39, 0.29) is 0 Å². The van der Waals surface area contributed by atoms with Gasteiger partial charge in [0.05, 0.1) is 0 Å². The van der Waals surface area contributed by atoms with Crippen LogP contribution >= 0.6 is 7.14 Å². The van der Waals surface area contributed by atoms with E-state index in [4.69, 9.17) is 9.47 Å². The molecule has 0 saturated heterocycles. The van der Waals surface area contributed by atoms with Gasteiger partial charge in [0, 0.05) is 25.5 Å². The van der Waals surface area contributed by atoms with Crippen molar-refractivity contribution in [3.8, 4) is 0 Å². The topological polar surface area (TPSA) is 35.5 Å². The summed E-state index contributed by atoms with van der Waals surface area (Å²) in [6, 6.07) is 9.42. The highest BCUT2D eigenvalue weighted by molar-refractivity contribution is 7.63. The zero-order valence-electron chi connectivity index (χ0n) is 12.9. The summed E-state index contributed by atoms with van der Waals surface area (Å²) in [5, 5.41) is 0. The van der Waals surface area contributed by atoms with Gasteiger partial charge in [0.2, 0.25) is 6.03 Å². The average molecular weight is 298 g/mol. The first kappa shape index (κ1) is 17.4. The quantitative estimate of drug-likeness (QED) is 0.463. The first-order valence-corrected chi connectivity index (χ1v) is 9.65. The van der Waals surface area contributed by atoms with E-state index < -0.39 is 13.2 Å². The number of hydrogen-bond donors (Lipinski definition) is 0. The van der Waals surface area contributed by atoms with Gasteiger partial charge in [-0.05, 0) is 25.8 Å². The van der Waals surface area contributed by atoms with Crippen molar-refractivity contribution < 1.29 is 14.0 Å². The SMILES string of the molecule is CCCCP(=O)(Cc1ccccc1)C(OCC)OCC. The van der Waals surface area contributed by atoms with E-state index in [1.54, 1.807) is 0 Å². The van der Waals surface area contributed by atoms with E-state index in [0.717, 1.165) is 18.4 Å². The lowest BCUT2D eigenvalue weighted by Gasteiger charge is -2.27. The molecule has 0 aromatic heterocycles. The Bertz CT molecular complexity index is 399. The maximum Gasteiger partial charge on any atom is 0.211 e. The van der Waals surface area contributed by atoms with Crippen LogP contribution < -0.4 is 0 Å². The van der Waals surface area contributed by atoms with Crippen molar-refractivity contribution in [1.29, 1.82) is 0 Å². The Balaban J connectivity index is 2.90. The smallest absolute Gasteiger partial charge is 0.211 e. The molecule has 0 spiro atoms. The minimum atomic E-state index is -2.55. The molecule has 0 heterocycles. The van der Waals surface area contributed by atoms with Gasteiger partial charge in [-0.3, -0.25) is 0 Å².